The molecule has 0 bridgehead atoms. The standard InChI is InChI=1S/C26H34O2/c1-3-5-7-26(27)28-25-18-16-24(17-19-25)23-14-12-22(13-15-23)21-10-8-20(6-4-2)9-11-21/h12-21H,3-11H2,1-2H3. The third-order valence-electron chi connectivity index (χ3n) is 6.08. The van der Waals surface area contributed by atoms with Crippen LogP contribution in [0.4, 0.5) is 0 Å². The summed E-state index contributed by atoms with van der Waals surface area (Å²) in [6.45, 7) is 4.37. The van der Waals surface area contributed by atoms with Gasteiger partial charge in [-0.15, -0.1) is 0 Å². The molecular weight excluding hydrogens is 344 g/mol. The minimum atomic E-state index is -0.146. The van der Waals surface area contributed by atoms with Crippen LogP contribution in [-0.2, 0) is 4.79 Å². The van der Waals surface area contributed by atoms with Gasteiger partial charge < -0.3 is 4.74 Å². The summed E-state index contributed by atoms with van der Waals surface area (Å²) in [6.07, 6.45) is 10.5. The van der Waals surface area contributed by atoms with Crippen molar-refractivity contribution in [3.63, 3.8) is 0 Å². The lowest BCUT2D eigenvalue weighted by Crippen LogP contribution is -2.13. The van der Waals surface area contributed by atoms with Gasteiger partial charge >= 0.3 is 5.97 Å². The maximum absolute atomic E-state index is 11.7. The molecule has 150 valence electrons. The van der Waals surface area contributed by atoms with Crippen LogP contribution >= 0.6 is 0 Å². The molecule has 1 fully saturated rings. The van der Waals surface area contributed by atoms with E-state index in [0.717, 1.165) is 30.2 Å². The minimum Gasteiger partial charge on any atom is -0.427 e. The van der Waals surface area contributed by atoms with Crippen molar-refractivity contribution in [3.05, 3.63) is 54.1 Å². The first-order chi connectivity index (χ1) is 13.7. The first kappa shape index (κ1) is 20.6. The monoisotopic (exact) mass is 378 g/mol. The first-order valence-corrected chi connectivity index (χ1v) is 11.1. The Morgan fingerprint density at radius 2 is 1.46 bits per heavy atom. The van der Waals surface area contributed by atoms with Crippen LogP contribution in [0.15, 0.2) is 48.5 Å². The Hall–Kier alpha value is -2.09. The van der Waals surface area contributed by atoms with Gasteiger partial charge in [0.15, 0.2) is 0 Å². The second kappa shape index (κ2) is 10.5. The third kappa shape index (κ3) is 5.70. The van der Waals surface area contributed by atoms with E-state index >= 15 is 0 Å². The summed E-state index contributed by atoms with van der Waals surface area (Å²) in [5.74, 6) is 2.17. The Bertz CT molecular complexity index is 722. The van der Waals surface area contributed by atoms with Gasteiger partial charge in [-0.25, -0.2) is 0 Å². The van der Waals surface area contributed by atoms with Gasteiger partial charge in [0.25, 0.3) is 0 Å². The average molecular weight is 379 g/mol. The molecule has 28 heavy (non-hydrogen) atoms. The van der Waals surface area contributed by atoms with E-state index < -0.39 is 0 Å². The summed E-state index contributed by atoms with van der Waals surface area (Å²) in [5, 5.41) is 0. The van der Waals surface area contributed by atoms with Gasteiger partial charge in [-0.1, -0.05) is 69.5 Å². The topological polar surface area (TPSA) is 26.3 Å². The molecule has 2 nitrogen and oxygen atoms in total. The highest BCUT2D eigenvalue weighted by molar-refractivity contribution is 5.73. The van der Waals surface area contributed by atoms with Crippen LogP contribution in [0.2, 0.25) is 0 Å². The first-order valence-electron chi connectivity index (χ1n) is 11.1. The number of ether oxygens (including phenoxy) is 1. The van der Waals surface area contributed by atoms with Crippen LogP contribution in [0.5, 0.6) is 5.75 Å². The lowest BCUT2D eigenvalue weighted by molar-refractivity contribution is -0.134. The molecule has 0 N–H and O–H groups in total. The molecule has 2 heteroatoms. The smallest absolute Gasteiger partial charge is 0.311 e. The van der Waals surface area contributed by atoms with E-state index in [4.69, 9.17) is 4.74 Å². The number of rotatable bonds is 8. The Morgan fingerprint density at radius 1 is 0.857 bits per heavy atom. The van der Waals surface area contributed by atoms with E-state index in [1.54, 1.807) is 0 Å². The number of carbonyl (C=O) groups excluding carboxylic acids is 1. The number of unbranched alkanes of at least 4 members (excludes halogenated alkanes) is 1. The summed E-state index contributed by atoms with van der Waals surface area (Å²) in [6, 6.07) is 16.9. The van der Waals surface area contributed by atoms with Gasteiger partial charge in [-0.3, -0.25) is 4.79 Å². The van der Waals surface area contributed by atoms with Gasteiger partial charge in [0.05, 0.1) is 0 Å². The summed E-state index contributed by atoms with van der Waals surface area (Å²) < 4.78 is 5.39. The van der Waals surface area contributed by atoms with Crippen molar-refractivity contribution in [2.24, 2.45) is 5.92 Å². The fourth-order valence-corrected chi connectivity index (χ4v) is 4.36. The lowest BCUT2D eigenvalue weighted by atomic mass is 9.77. The maximum Gasteiger partial charge on any atom is 0.311 e. The van der Waals surface area contributed by atoms with Crippen molar-refractivity contribution in [2.45, 2.75) is 77.6 Å². The molecule has 0 aliphatic heterocycles. The van der Waals surface area contributed by atoms with Crippen molar-refractivity contribution in [2.75, 3.05) is 0 Å². The molecule has 1 aliphatic rings. The van der Waals surface area contributed by atoms with Crippen LogP contribution < -0.4 is 4.74 Å². The van der Waals surface area contributed by atoms with E-state index in [1.165, 1.54) is 49.7 Å². The Morgan fingerprint density at radius 3 is 2.04 bits per heavy atom. The Kier molecular flexibility index (Phi) is 7.71. The summed E-state index contributed by atoms with van der Waals surface area (Å²) in [5.41, 5.74) is 3.86. The minimum absolute atomic E-state index is 0.146. The zero-order chi connectivity index (χ0) is 19.8. The van der Waals surface area contributed by atoms with Crippen LogP contribution in [0.1, 0.15) is 83.1 Å². The zero-order valence-corrected chi connectivity index (χ0v) is 17.5. The van der Waals surface area contributed by atoms with Crippen molar-refractivity contribution < 1.29 is 9.53 Å². The van der Waals surface area contributed by atoms with Crippen molar-refractivity contribution in [1.82, 2.24) is 0 Å². The fraction of sp³-hybridized carbons (Fsp3) is 0.500. The molecule has 0 unspecified atom stereocenters. The second-order valence-corrected chi connectivity index (χ2v) is 8.23. The van der Waals surface area contributed by atoms with E-state index in [-0.39, 0.29) is 5.97 Å². The Balaban J connectivity index is 1.57. The number of esters is 1. The molecule has 2 aromatic carbocycles. The predicted octanol–water partition coefficient (Wildman–Crippen LogP) is 7.52. The molecular formula is C26H34O2. The molecule has 0 spiro atoms. The Labute approximate surface area is 170 Å². The quantitative estimate of drug-likeness (QED) is 0.350. The summed E-state index contributed by atoms with van der Waals surface area (Å²) in [7, 11) is 0. The average Bonchev–Trinajstić information content (AvgIpc) is 2.74. The van der Waals surface area contributed by atoms with Crippen LogP contribution in [0.3, 0.4) is 0 Å². The SMILES string of the molecule is CCCCC(=O)Oc1ccc(-c2ccc(C3CCC(CCC)CC3)cc2)cc1. The number of hydrogen-bond donors (Lipinski definition) is 0. The third-order valence-corrected chi connectivity index (χ3v) is 6.08. The highest BCUT2D eigenvalue weighted by Gasteiger charge is 2.21. The number of hydrogen-bond acceptors (Lipinski definition) is 2. The molecule has 0 radical (unpaired) electrons. The zero-order valence-electron chi connectivity index (χ0n) is 17.5. The van der Waals surface area contributed by atoms with Crippen molar-refractivity contribution in [3.8, 4) is 16.9 Å². The van der Waals surface area contributed by atoms with Crippen LogP contribution in [0, 0.1) is 5.92 Å². The van der Waals surface area contributed by atoms with E-state index in [0.29, 0.717) is 12.2 Å². The van der Waals surface area contributed by atoms with Gasteiger partial charge in [0.2, 0.25) is 0 Å². The molecule has 1 aliphatic carbocycles. The maximum atomic E-state index is 11.7. The fourth-order valence-electron chi connectivity index (χ4n) is 4.36. The molecule has 0 aromatic heterocycles. The summed E-state index contributed by atoms with van der Waals surface area (Å²) in [4.78, 5) is 11.7. The normalized spacial score (nSPS) is 19.4. The van der Waals surface area contributed by atoms with Crippen LogP contribution in [-0.4, -0.2) is 5.97 Å². The molecule has 0 atom stereocenters. The van der Waals surface area contributed by atoms with Gasteiger partial charge in [0.1, 0.15) is 5.75 Å². The number of benzene rings is 2. The van der Waals surface area contributed by atoms with Gasteiger partial charge in [-0.2, -0.15) is 0 Å². The van der Waals surface area contributed by atoms with Crippen molar-refractivity contribution in [1.29, 1.82) is 0 Å². The molecule has 0 saturated heterocycles. The largest absolute Gasteiger partial charge is 0.427 e. The van der Waals surface area contributed by atoms with Crippen molar-refractivity contribution >= 4 is 5.97 Å². The van der Waals surface area contributed by atoms with E-state index in [1.807, 2.05) is 24.3 Å². The molecule has 1 saturated carbocycles. The number of carbonyl (C=O) groups is 1. The van der Waals surface area contributed by atoms with E-state index in [2.05, 4.69) is 38.1 Å². The molecule has 3 rings (SSSR count). The molecule has 2 aromatic rings. The van der Waals surface area contributed by atoms with E-state index in [9.17, 15) is 4.79 Å². The molecule has 0 amide bonds. The second-order valence-electron chi connectivity index (χ2n) is 8.23. The van der Waals surface area contributed by atoms with Gasteiger partial charge in [-0.05, 0) is 72.8 Å². The van der Waals surface area contributed by atoms with Gasteiger partial charge in [0, 0.05) is 6.42 Å². The van der Waals surface area contributed by atoms with Crippen LogP contribution in [0.25, 0.3) is 11.1 Å². The lowest BCUT2D eigenvalue weighted by Gasteiger charge is -2.28. The molecule has 0 heterocycles. The predicted molar refractivity (Wildman–Crippen MR) is 117 cm³/mol. The summed E-state index contributed by atoms with van der Waals surface area (Å²) >= 11 is 0. The highest BCUT2D eigenvalue weighted by atomic mass is 16.5. The highest BCUT2D eigenvalue weighted by Crippen LogP contribution is 2.38.